The second-order valence-corrected chi connectivity index (χ2v) is 7.44. The van der Waals surface area contributed by atoms with E-state index in [1.54, 1.807) is 18.8 Å². The quantitative estimate of drug-likeness (QED) is 0.647. The molecule has 0 fully saturated rings. The van der Waals surface area contributed by atoms with E-state index in [1.807, 2.05) is 62.4 Å². The Hall–Kier alpha value is -3.32. The second kappa shape index (κ2) is 8.20. The van der Waals surface area contributed by atoms with Gasteiger partial charge in [-0.1, -0.05) is 12.1 Å². The number of fused-ring (bicyclic) bond motifs is 1. The Bertz CT molecular complexity index is 1090. The van der Waals surface area contributed by atoms with Crippen LogP contribution in [-0.4, -0.2) is 35.3 Å². The highest BCUT2D eigenvalue weighted by molar-refractivity contribution is 5.59. The summed E-state index contributed by atoms with van der Waals surface area (Å²) >= 11 is 0. The first-order valence-corrected chi connectivity index (χ1v) is 9.85. The molecule has 1 aromatic heterocycles. The van der Waals surface area contributed by atoms with Crippen molar-refractivity contribution in [2.24, 2.45) is 0 Å². The minimum Gasteiger partial charge on any atom is -0.497 e. The first kappa shape index (κ1) is 20.0. The Kier molecular flexibility index (Phi) is 5.46. The van der Waals surface area contributed by atoms with Crippen molar-refractivity contribution < 1.29 is 9.47 Å². The normalized spacial score (nSPS) is 13.8. The van der Waals surface area contributed by atoms with Crippen LogP contribution in [0, 0.1) is 13.8 Å². The summed E-state index contributed by atoms with van der Waals surface area (Å²) in [5.41, 5.74) is 3.54. The summed E-state index contributed by atoms with van der Waals surface area (Å²) in [6.07, 6.45) is 0. The lowest BCUT2D eigenvalue weighted by Gasteiger charge is -2.38. The molecule has 0 bridgehead atoms. The number of ether oxygens (including phenoxy) is 2. The Morgan fingerprint density at radius 1 is 0.900 bits per heavy atom. The molecule has 7 heteroatoms. The van der Waals surface area contributed by atoms with E-state index in [0.29, 0.717) is 31.4 Å². The molecule has 0 aliphatic carbocycles. The van der Waals surface area contributed by atoms with Gasteiger partial charge in [-0.05, 0) is 55.8 Å². The molecule has 0 atom stereocenters. The molecule has 3 aromatic rings. The molecular weight excluding hydrogens is 380 g/mol. The topological polar surface area (TPSA) is 59.8 Å². The van der Waals surface area contributed by atoms with Crippen LogP contribution < -0.4 is 19.9 Å². The number of aryl methyl sites for hydroxylation is 1. The summed E-state index contributed by atoms with van der Waals surface area (Å²) in [4.78, 5) is 22.1. The zero-order valence-electron chi connectivity index (χ0n) is 17.8. The van der Waals surface area contributed by atoms with Gasteiger partial charge in [-0.25, -0.2) is 4.98 Å². The Morgan fingerprint density at radius 2 is 1.50 bits per heavy atom. The summed E-state index contributed by atoms with van der Waals surface area (Å²) in [6, 6.07) is 15.8. The third-order valence-corrected chi connectivity index (χ3v) is 5.49. The van der Waals surface area contributed by atoms with Gasteiger partial charge in [0.15, 0.2) is 0 Å². The van der Waals surface area contributed by atoms with E-state index in [0.717, 1.165) is 28.4 Å². The van der Waals surface area contributed by atoms with E-state index in [9.17, 15) is 4.79 Å². The van der Waals surface area contributed by atoms with E-state index in [2.05, 4.69) is 9.80 Å². The van der Waals surface area contributed by atoms with Crippen molar-refractivity contribution in [3.05, 3.63) is 75.7 Å². The van der Waals surface area contributed by atoms with Gasteiger partial charge in [-0.3, -0.25) is 19.2 Å². The molecule has 0 saturated heterocycles. The molecule has 30 heavy (non-hydrogen) atoms. The maximum absolute atomic E-state index is 13.0. The minimum absolute atomic E-state index is 0.00422. The number of nitrogens with zero attached hydrogens (tertiary/aromatic N) is 4. The van der Waals surface area contributed by atoms with Crippen molar-refractivity contribution in [3.63, 3.8) is 0 Å². The van der Waals surface area contributed by atoms with Gasteiger partial charge in [-0.2, -0.15) is 0 Å². The number of rotatable bonds is 5. The number of benzene rings is 2. The fourth-order valence-corrected chi connectivity index (χ4v) is 3.63. The second-order valence-electron chi connectivity index (χ2n) is 7.44. The van der Waals surface area contributed by atoms with Gasteiger partial charge in [0.2, 0.25) is 5.95 Å². The van der Waals surface area contributed by atoms with Crippen LogP contribution in [0.25, 0.3) is 0 Å². The molecule has 0 amide bonds. The third kappa shape index (κ3) is 3.76. The van der Waals surface area contributed by atoms with Crippen LogP contribution in [0.1, 0.15) is 16.8 Å². The molecule has 0 saturated carbocycles. The lowest BCUT2D eigenvalue weighted by Crippen LogP contribution is -2.47. The average Bonchev–Trinajstić information content (AvgIpc) is 2.78. The van der Waals surface area contributed by atoms with Crippen molar-refractivity contribution in [3.8, 4) is 11.5 Å². The number of anilines is 2. The lowest BCUT2D eigenvalue weighted by molar-refractivity contribution is 0.190. The Morgan fingerprint density at radius 3 is 2.10 bits per heavy atom. The van der Waals surface area contributed by atoms with Gasteiger partial charge >= 0.3 is 0 Å². The zero-order chi connectivity index (χ0) is 21.3. The van der Waals surface area contributed by atoms with Gasteiger partial charge in [-0.15, -0.1) is 0 Å². The van der Waals surface area contributed by atoms with Crippen LogP contribution in [0.5, 0.6) is 11.5 Å². The van der Waals surface area contributed by atoms with Gasteiger partial charge in [0, 0.05) is 23.5 Å². The van der Waals surface area contributed by atoms with E-state index >= 15 is 0 Å². The number of methoxy groups -OCH3 is 2. The molecular formula is C23H26N4O3. The fraction of sp³-hybridized carbons (Fsp3) is 0.304. The number of hydrogen-bond donors (Lipinski definition) is 0. The van der Waals surface area contributed by atoms with Crippen LogP contribution in [0.2, 0.25) is 0 Å². The van der Waals surface area contributed by atoms with Crippen molar-refractivity contribution in [2.75, 3.05) is 25.8 Å². The lowest BCUT2D eigenvalue weighted by atomic mass is 10.2. The first-order valence-electron chi connectivity index (χ1n) is 9.85. The van der Waals surface area contributed by atoms with E-state index < -0.39 is 0 Å². The van der Waals surface area contributed by atoms with Crippen molar-refractivity contribution in [1.29, 1.82) is 0 Å². The fourth-order valence-electron chi connectivity index (χ4n) is 3.63. The highest BCUT2D eigenvalue weighted by atomic mass is 16.5. The molecule has 2 aromatic carbocycles. The predicted octanol–water partition coefficient (Wildman–Crippen LogP) is 3.45. The van der Waals surface area contributed by atoms with Gasteiger partial charge < -0.3 is 9.47 Å². The Labute approximate surface area is 176 Å². The van der Waals surface area contributed by atoms with E-state index in [4.69, 9.17) is 14.5 Å². The van der Waals surface area contributed by atoms with E-state index in [-0.39, 0.29) is 5.56 Å². The largest absolute Gasteiger partial charge is 0.497 e. The summed E-state index contributed by atoms with van der Waals surface area (Å²) in [5.74, 6) is 2.28. The molecule has 0 N–H and O–H groups in total. The van der Waals surface area contributed by atoms with Crippen LogP contribution in [0.15, 0.2) is 53.3 Å². The number of hydrogen-bond acceptors (Lipinski definition) is 6. The van der Waals surface area contributed by atoms with Crippen LogP contribution >= 0.6 is 0 Å². The van der Waals surface area contributed by atoms with Gasteiger partial charge in [0.25, 0.3) is 5.56 Å². The molecule has 1 aliphatic heterocycles. The average molecular weight is 406 g/mol. The molecule has 0 unspecified atom stereocenters. The molecule has 7 nitrogen and oxygen atoms in total. The SMILES string of the molecule is COc1ccc(CN2CN(c3ccc(OC)cc3)c3nc(C)c(C)c(=O)n3C2)cc1. The summed E-state index contributed by atoms with van der Waals surface area (Å²) in [5, 5.41) is 0. The summed E-state index contributed by atoms with van der Waals surface area (Å²) < 4.78 is 12.3. The third-order valence-electron chi connectivity index (χ3n) is 5.49. The van der Waals surface area contributed by atoms with Gasteiger partial charge in [0.05, 0.1) is 27.6 Å². The molecule has 0 spiro atoms. The van der Waals surface area contributed by atoms with Crippen molar-refractivity contribution in [1.82, 2.24) is 14.5 Å². The van der Waals surface area contributed by atoms with Crippen LogP contribution in [0.4, 0.5) is 11.6 Å². The smallest absolute Gasteiger partial charge is 0.259 e. The highest BCUT2D eigenvalue weighted by Gasteiger charge is 2.27. The van der Waals surface area contributed by atoms with Crippen LogP contribution in [0.3, 0.4) is 0 Å². The predicted molar refractivity (Wildman–Crippen MR) is 117 cm³/mol. The van der Waals surface area contributed by atoms with Crippen molar-refractivity contribution in [2.45, 2.75) is 27.1 Å². The molecule has 156 valence electrons. The maximum atomic E-state index is 13.0. The number of aromatic nitrogens is 2. The highest BCUT2D eigenvalue weighted by Crippen LogP contribution is 2.29. The zero-order valence-corrected chi connectivity index (χ0v) is 17.8. The van der Waals surface area contributed by atoms with Crippen molar-refractivity contribution >= 4 is 11.6 Å². The molecule has 1 aliphatic rings. The summed E-state index contributed by atoms with van der Waals surface area (Å²) in [6.45, 7) is 5.52. The van der Waals surface area contributed by atoms with E-state index in [1.165, 1.54) is 0 Å². The molecule has 2 heterocycles. The monoisotopic (exact) mass is 406 g/mol. The van der Waals surface area contributed by atoms with Crippen LogP contribution in [-0.2, 0) is 13.2 Å². The molecule has 4 rings (SSSR count). The minimum atomic E-state index is -0.00422. The summed E-state index contributed by atoms with van der Waals surface area (Å²) in [7, 11) is 3.31. The first-order chi connectivity index (χ1) is 14.5. The maximum Gasteiger partial charge on any atom is 0.259 e. The molecule has 0 radical (unpaired) electrons. The van der Waals surface area contributed by atoms with Gasteiger partial charge in [0.1, 0.15) is 11.5 Å². The standard InChI is InChI=1S/C23H26N4O3/c1-16-17(2)24-23-26(19-7-11-21(30-4)12-8-19)14-25(15-27(23)22(16)28)13-18-5-9-20(29-3)10-6-18/h5-12H,13-15H2,1-4H3. The Balaban J connectivity index is 1.71.